The van der Waals surface area contributed by atoms with Crippen LogP contribution in [0.25, 0.3) is 5.65 Å². The summed E-state index contributed by atoms with van der Waals surface area (Å²) in [4.78, 5) is 21.8. The Labute approximate surface area is 251 Å². The molecule has 1 unspecified atom stereocenters. The molecule has 40 heavy (non-hydrogen) atoms. The van der Waals surface area contributed by atoms with E-state index in [2.05, 4.69) is 65.2 Å². The summed E-state index contributed by atoms with van der Waals surface area (Å²) in [6.45, 7) is 23.3. The molecule has 1 aliphatic heterocycles. The molecule has 0 saturated carbocycles. The molecule has 0 N–H and O–H groups in total. The average molecular weight is 657 g/mol. The Kier molecular flexibility index (Phi) is 11.3. The Bertz CT molecular complexity index is 1100. The smallest absolute Gasteiger partial charge is 0.410 e. The van der Waals surface area contributed by atoms with Crippen molar-refractivity contribution in [3.05, 3.63) is 22.4 Å². The van der Waals surface area contributed by atoms with Crippen LogP contribution in [0.1, 0.15) is 45.2 Å². The van der Waals surface area contributed by atoms with Crippen molar-refractivity contribution in [2.24, 2.45) is 0 Å². The predicted molar refractivity (Wildman–Crippen MR) is 171 cm³/mol. The van der Waals surface area contributed by atoms with Crippen molar-refractivity contribution in [2.75, 3.05) is 44.7 Å². The van der Waals surface area contributed by atoms with E-state index in [1.807, 2.05) is 36.3 Å². The number of piperidine rings is 1. The average Bonchev–Trinajstić information content (AvgIpc) is 3.29. The van der Waals surface area contributed by atoms with Gasteiger partial charge in [-0.05, 0) is 61.6 Å². The highest BCUT2D eigenvalue weighted by molar-refractivity contribution is 9.10. The lowest BCUT2D eigenvalue weighted by Crippen LogP contribution is -2.42. The molecule has 1 atom stereocenters. The maximum atomic E-state index is 12.9. The molecule has 3 heterocycles. The van der Waals surface area contributed by atoms with E-state index in [1.165, 1.54) is 0 Å². The van der Waals surface area contributed by atoms with E-state index >= 15 is 0 Å². The van der Waals surface area contributed by atoms with Gasteiger partial charge in [0.25, 0.3) is 0 Å². The second kappa shape index (κ2) is 13.7. The maximum Gasteiger partial charge on any atom is 0.410 e. The first-order valence-corrected chi connectivity index (χ1v) is 22.7. The monoisotopic (exact) mass is 655 g/mol. The number of halogens is 1. The van der Waals surface area contributed by atoms with Crippen molar-refractivity contribution in [3.63, 3.8) is 0 Å². The molecule has 226 valence electrons. The summed E-state index contributed by atoms with van der Waals surface area (Å²) in [5.41, 5.74) is 1.15. The van der Waals surface area contributed by atoms with Crippen molar-refractivity contribution >= 4 is 49.6 Å². The molecule has 12 heteroatoms. The molecule has 0 aromatic carbocycles. The zero-order valence-corrected chi connectivity index (χ0v) is 29.6. The predicted octanol–water partition coefficient (Wildman–Crippen LogP) is 7.04. The molecule has 0 radical (unpaired) electrons. The third-order valence-electron chi connectivity index (χ3n) is 6.73. The zero-order valence-electron chi connectivity index (χ0n) is 26.1. The number of nitrogens with zero attached hydrogens (tertiary/aromatic N) is 5. The fourth-order valence-corrected chi connectivity index (χ4v) is 6.77. The molecule has 1 fully saturated rings. The summed E-state index contributed by atoms with van der Waals surface area (Å²) in [7, 11) is -2.43. The number of hydrogen-bond donors (Lipinski definition) is 0. The molecule has 0 aliphatic carbocycles. The molecule has 2 aromatic heterocycles. The molecule has 9 nitrogen and oxygen atoms in total. The summed E-state index contributed by atoms with van der Waals surface area (Å²) in [6.07, 6.45) is 3.33. The number of likely N-dealkylation sites (tertiary alicyclic amines) is 1. The SMILES string of the molecule is CC(C)(C)OC(=O)N1CCCC(c2nc3ccnn3c(N(COCC[Si](C)(C)C)COCC[Si](C)(C)C)c2Br)C1. The van der Waals surface area contributed by atoms with Gasteiger partial charge >= 0.3 is 6.09 Å². The third kappa shape index (κ3) is 10.1. The van der Waals surface area contributed by atoms with E-state index in [1.54, 1.807) is 6.20 Å². The van der Waals surface area contributed by atoms with Gasteiger partial charge in [0.1, 0.15) is 19.1 Å². The first kappa shape index (κ1) is 33.0. The number of ether oxygens (including phenoxy) is 3. The lowest BCUT2D eigenvalue weighted by molar-refractivity contribution is 0.0197. The first-order valence-electron chi connectivity index (χ1n) is 14.5. The molecule has 0 bridgehead atoms. The van der Waals surface area contributed by atoms with E-state index in [-0.39, 0.29) is 12.0 Å². The Morgan fingerprint density at radius 3 is 2.23 bits per heavy atom. The molecular formula is C28H50BrN5O4Si2. The molecule has 1 amide bonds. The number of fused-ring (bicyclic) bond motifs is 1. The van der Waals surface area contributed by atoms with Crippen molar-refractivity contribution < 1.29 is 19.0 Å². The fourth-order valence-electron chi connectivity index (χ4n) is 4.43. The van der Waals surface area contributed by atoms with Gasteiger partial charge < -0.3 is 24.0 Å². The molecule has 3 rings (SSSR count). The van der Waals surface area contributed by atoms with E-state index in [0.29, 0.717) is 39.8 Å². The van der Waals surface area contributed by atoms with E-state index < -0.39 is 21.7 Å². The summed E-state index contributed by atoms with van der Waals surface area (Å²) in [6, 6.07) is 4.11. The number of carbonyl (C=O) groups excluding carboxylic acids is 1. The number of rotatable bonds is 12. The highest BCUT2D eigenvalue weighted by Crippen LogP contribution is 2.37. The molecule has 0 spiro atoms. The lowest BCUT2D eigenvalue weighted by atomic mass is 9.94. The first-order chi connectivity index (χ1) is 18.5. The Balaban J connectivity index is 1.89. The Morgan fingerprint density at radius 2 is 1.68 bits per heavy atom. The van der Waals surface area contributed by atoms with Gasteiger partial charge in [-0.1, -0.05) is 39.3 Å². The summed E-state index contributed by atoms with van der Waals surface area (Å²) in [5.74, 6) is 0.928. The summed E-state index contributed by atoms with van der Waals surface area (Å²) in [5, 5.41) is 4.61. The van der Waals surface area contributed by atoms with Gasteiger partial charge in [0.05, 0.1) is 16.4 Å². The highest BCUT2D eigenvalue weighted by atomic mass is 79.9. The minimum absolute atomic E-state index is 0.0664. The van der Waals surface area contributed by atoms with Gasteiger partial charge in [0.15, 0.2) is 11.5 Å². The van der Waals surface area contributed by atoms with Crippen molar-refractivity contribution in [2.45, 2.75) is 96.5 Å². The third-order valence-corrected chi connectivity index (χ3v) is 10.9. The molecule has 1 saturated heterocycles. The van der Waals surface area contributed by atoms with Crippen LogP contribution in [0.3, 0.4) is 0 Å². The molecular weight excluding hydrogens is 606 g/mol. The molecule has 2 aromatic rings. The number of amides is 1. The summed E-state index contributed by atoms with van der Waals surface area (Å²) < 4.78 is 20.8. The number of hydrogen-bond acceptors (Lipinski definition) is 7. The Morgan fingerprint density at radius 1 is 1.07 bits per heavy atom. The van der Waals surface area contributed by atoms with Crippen LogP contribution in [0.5, 0.6) is 0 Å². The van der Waals surface area contributed by atoms with Gasteiger partial charge in [-0.3, -0.25) is 0 Å². The van der Waals surface area contributed by atoms with Gasteiger partial charge in [-0.15, -0.1) is 0 Å². The van der Waals surface area contributed by atoms with Crippen molar-refractivity contribution in [3.8, 4) is 0 Å². The second-order valence-corrected chi connectivity index (χ2v) is 26.3. The van der Waals surface area contributed by atoms with Crippen LogP contribution in [0.4, 0.5) is 10.6 Å². The van der Waals surface area contributed by atoms with Crippen molar-refractivity contribution in [1.29, 1.82) is 0 Å². The van der Waals surface area contributed by atoms with Gasteiger partial charge in [0, 0.05) is 54.4 Å². The van der Waals surface area contributed by atoms with E-state index in [4.69, 9.17) is 19.2 Å². The van der Waals surface area contributed by atoms with Crippen LogP contribution < -0.4 is 4.90 Å². The normalized spacial score (nSPS) is 16.9. The van der Waals surface area contributed by atoms with Gasteiger partial charge in [0.2, 0.25) is 0 Å². The van der Waals surface area contributed by atoms with E-state index in [0.717, 1.165) is 46.6 Å². The quantitative estimate of drug-likeness (QED) is 0.138. The Hall–Kier alpha value is -1.48. The van der Waals surface area contributed by atoms with Crippen LogP contribution in [0.15, 0.2) is 16.7 Å². The van der Waals surface area contributed by atoms with Crippen LogP contribution in [0.2, 0.25) is 51.4 Å². The van der Waals surface area contributed by atoms with Crippen LogP contribution in [-0.2, 0) is 14.2 Å². The highest BCUT2D eigenvalue weighted by Gasteiger charge is 2.32. The fraction of sp³-hybridized carbons (Fsp3) is 0.750. The van der Waals surface area contributed by atoms with E-state index in [9.17, 15) is 4.79 Å². The summed E-state index contributed by atoms with van der Waals surface area (Å²) >= 11 is 3.91. The van der Waals surface area contributed by atoms with Gasteiger partial charge in [-0.25, -0.2) is 9.78 Å². The number of anilines is 1. The second-order valence-electron chi connectivity index (χ2n) is 14.2. The molecule has 1 aliphatic rings. The zero-order chi connectivity index (χ0) is 29.7. The van der Waals surface area contributed by atoms with Crippen LogP contribution in [-0.4, -0.2) is 87.1 Å². The lowest BCUT2D eigenvalue weighted by Gasteiger charge is -2.35. The standard InChI is InChI=1S/C28H50BrN5O4Si2/c1-28(2,3)38-27(35)32-14-10-11-22(19-32)25-24(29)26(34-23(31-25)12-13-30-34)33(20-36-15-17-39(4,5)6)21-37-16-18-40(7,8)9/h12-13,22H,10-11,14-21H2,1-9H3. The maximum absolute atomic E-state index is 12.9. The van der Waals surface area contributed by atoms with Crippen LogP contribution in [0, 0.1) is 0 Å². The number of carbonyl (C=O) groups is 1. The topological polar surface area (TPSA) is 81.4 Å². The largest absolute Gasteiger partial charge is 0.444 e. The minimum atomic E-state index is -1.22. The van der Waals surface area contributed by atoms with Gasteiger partial charge in [-0.2, -0.15) is 9.61 Å². The van der Waals surface area contributed by atoms with Crippen molar-refractivity contribution in [1.82, 2.24) is 19.5 Å². The minimum Gasteiger partial charge on any atom is -0.444 e. The number of aromatic nitrogens is 3. The van der Waals surface area contributed by atoms with Crippen LogP contribution >= 0.6 is 15.9 Å².